The second kappa shape index (κ2) is 5.83. The molecule has 0 radical (unpaired) electrons. The molecule has 2 aromatic rings. The molecular weight excluding hydrogens is 279 g/mol. The van der Waals surface area contributed by atoms with Crippen molar-refractivity contribution in [1.82, 2.24) is 0 Å². The average molecular weight is 292 g/mol. The predicted octanol–water partition coefficient (Wildman–Crippen LogP) is 2.67. The molecule has 0 aliphatic rings. The van der Waals surface area contributed by atoms with Crippen molar-refractivity contribution in [2.75, 3.05) is 12.8 Å². The summed E-state index contributed by atoms with van der Waals surface area (Å²) in [4.78, 5) is 12.3. The minimum absolute atomic E-state index is 0.0324. The van der Waals surface area contributed by atoms with Crippen molar-refractivity contribution in [3.63, 3.8) is 0 Å². The van der Waals surface area contributed by atoms with Crippen LogP contribution in [0.15, 0.2) is 46.2 Å². The molecule has 0 spiro atoms. The number of ether oxygens (including phenoxy) is 1. The van der Waals surface area contributed by atoms with E-state index in [4.69, 9.17) is 16.2 Å². The van der Waals surface area contributed by atoms with Crippen molar-refractivity contribution in [3.8, 4) is 5.75 Å². The van der Waals surface area contributed by atoms with Gasteiger partial charge in [-0.2, -0.15) is 0 Å². The molecule has 4 N–H and O–H groups in total. The first kappa shape index (κ1) is 14.2. The van der Waals surface area contributed by atoms with Crippen LogP contribution in [0, 0.1) is 5.82 Å². The number of rotatable bonds is 4. The molecule has 0 bridgehead atoms. The molecule has 6 heteroatoms. The summed E-state index contributed by atoms with van der Waals surface area (Å²) in [6.45, 7) is 0. The number of carbonyl (C=O) groups is 1. The van der Waals surface area contributed by atoms with Crippen molar-refractivity contribution in [1.29, 1.82) is 0 Å². The van der Waals surface area contributed by atoms with Gasteiger partial charge in [0, 0.05) is 15.5 Å². The smallest absolute Gasteiger partial charge is 0.250 e. The van der Waals surface area contributed by atoms with Crippen molar-refractivity contribution in [3.05, 3.63) is 47.8 Å². The van der Waals surface area contributed by atoms with Gasteiger partial charge >= 0.3 is 0 Å². The summed E-state index contributed by atoms with van der Waals surface area (Å²) in [5.41, 5.74) is 10.9. The highest BCUT2D eigenvalue weighted by Crippen LogP contribution is 2.33. The van der Waals surface area contributed by atoms with E-state index in [1.165, 1.54) is 17.8 Å². The standard InChI is InChI=1S/C14H13FN2O2S/c1-19-8-3-2-4-9(5-8)20-13-6-10(14(17)18)12(16)7-11(13)15/h2-7H,16H2,1H3,(H2,17,18). The molecule has 0 atom stereocenters. The monoisotopic (exact) mass is 292 g/mol. The van der Waals surface area contributed by atoms with Crippen LogP contribution in [0.4, 0.5) is 10.1 Å². The Kier molecular flexibility index (Phi) is 4.14. The summed E-state index contributed by atoms with van der Waals surface area (Å²) < 4.78 is 19.0. The Morgan fingerprint density at radius 3 is 2.70 bits per heavy atom. The van der Waals surface area contributed by atoms with E-state index in [0.29, 0.717) is 5.75 Å². The maximum Gasteiger partial charge on any atom is 0.250 e. The number of halogens is 1. The fraction of sp³-hybridized carbons (Fsp3) is 0.0714. The van der Waals surface area contributed by atoms with Crippen LogP contribution in [0.1, 0.15) is 10.4 Å². The number of carbonyl (C=O) groups excluding carboxylic acids is 1. The second-order valence-electron chi connectivity index (χ2n) is 4.02. The SMILES string of the molecule is COc1cccc(Sc2cc(C(N)=O)c(N)cc2F)c1. The van der Waals surface area contributed by atoms with E-state index in [2.05, 4.69) is 0 Å². The molecule has 0 aliphatic carbocycles. The molecule has 0 saturated carbocycles. The molecule has 0 unspecified atom stereocenters. The van der Waals surface area contributed by atoms with Gasteiger partial charge in [-0.3, -0.25) is 4.79 Å². The van der Waals surface area contributed by atoms with Gasteiger partial charge in [0.15, 0.2) is 0 Å². The third-order valence-corrected chi connectivity index (χ3v) is 3.66. The van der Waals surface area contributed by atoms with E-state index in [0.717, 1.165) is 11.0 Å². The molecule has 104 valence electrons. The van der Waals surface area contributed by atoms with Gasteiger partial charge in [0.1, 0.15) is 11.6 Å². The largest absolute Gasteiger partial charge is 0.497 e. The van der Waals surface area contributed by atoms with Gasteiger partial charge in [-0.15, -0.1) is 0 Å². The summed E-state index contributed by atoms with van der Waals surface area (Å²) in [7, 11) is 1.55. The molecule has 1 amide bonds. The minimum Gasteiger partial charge on any atom is -0.497 e. The average Bonchev–Trinajstić information content (AvgIpc) is 2.41. The van der Waals surface area contributed by atoms with Gasteiger partial charge in [0.05, 0.1) is 12.7 Å². The van der Waals surface area contributed by atoms with Crippen LogP contribution in [0.5, 0.6) is 5.75 Å². The predicted molar refractivity (Wildman–Crippen MR) is 76.4 cm³/mol. The van der Waals surface area contributed by atoms with E-state index in [1.807, 2.05) is 6.07 Å². The fourth-order valence-electron chi connectivity index (χ4n) is 1.65. The van der Waals surface area contributed by atoms with Gasteiger partial charge in [-0.25, -0.2) is 4.39 Å². The Bertz CT molecular complexity index is 662. The van der Waals surface area contributed by atoms with Crippen LogP contribution in [0.3, 0.4) is 0 Å². The first-order valence-electron chi connectivity index (χ1n) is 5.72. The maximum atomic E-state index is 13.9. The van der Waals surface area contributed by atoms with E-state index in [1.54, 1.807) is 25.3 Å². The van der Waals surface area contributed by atoms with Crippen LogP contribution in [0.25, 0.3) is 0 Å². The Hall–Kier alpha value is -2.21. The number of methoxy groups -OCH3 is 1. The van der Waals surface area contributed by atoms with Crippen LogP contribution in [0.2, 0.25) is 0 Å². The van der Waals surface area contributed by atoms with E-state index < -0.39 is 11.7 Å². The zero-order chi connectivity index (χ0) is 14.7. The number of hydrogen-bond donors (Lipinski definition) is 2. The molecule has 0 aromatic heterocycles. The molecule has 20 heavy (non-hydrogen) atoms. The van der Waals surface area contributed by atoms with Gasteiger partial charge in [0.2, 0.25) is 0 Å². The fourth-order valence-corrected chi connectivity index (χ4v) is 2.56. The number of nitrogens with two attached hydrogens (primary N) is 2. The quantitative estimate of drug-likeness (QED) is 0.849. The third-order valence-electron chi connectivity index (χ3n) is 2.64. The van der Waals surface area contributed by atoms with E-state index in [9.17, 15) is 9.18 Å². The number of hydrogen-bond acceptors (Lipinski definition) is 4. The molecule has 0 saturated heterocycles. The Balaban J connectivity index is 2.37. The van der Waals surface area contributed by atoms with Crippen molar-refractivity contribution < 1.29 is 13.9 Å². The minimum atomic E-state index is -0.685. The highest BCUT2D eigenvalue weighted by atomic mass is 32.2. The summed E-state index contributed by atoms with van der Waals surface area (Å²) in [6.07, 6.45) is 0. The topological polar surface area (TPSA) is 78.3 Å². The molecule has 0 heterocycles. The lowest BCUT2D eigenvalue weighted by Crippen LogP contribution is -2.14. The van der Waals surface area contributed by atoms with E-state index >= 15 is 0 Å². The Morgan fingerprint density at radius 2 is 2.05 bits per heavy atom. The van der Waals surface area contributed by atoms with Crippen LogP contribution in [-0.2, 0) is 0 Å². The number of benzene rings is 2. The molecule has 0 aliphatic heterocycles. The molecule has 2 aromatic carbocycles. The summed E-state index contributed by atoms with van der Waals surface area (Å²) in [6, 6.07) is 9.63. The highest BCUT2D eigenvalue weighted by molar-refractivity contribution is 7.99. The lowest BCUT2D eigenvalue weighted by molar-refractivity contribution is 0.100. The normalized spacial score (nSPS) is 10.3. The number of amides is 1. The molecular formula is C14H13FN2O2S. The zero-order valence-corrected chi connectivity index (χ0v) is 11.5. The maximum absolute atomic E-state index is 13.9. The third kappa shape index (κ3) is 3.03. The molecule has 4 nitrogen and oxygen atoms in total. The summed E-state index contributed by atoms with van der Waals surface area (Å²) in [5.74, 6) is -0.517. The first-order chi connectivity index (χ1) is 9.51. The zero-order valence-electron chi connectivity index (χ0n) is 10.7. The van der Waals surface area contributed by atoms with Crippen molar-refractivity contribution in [2.24, 2.45) is 5.73 Å². The lowest BCUT2D eigenvalue weighted by Gasteiger charge is -2.08. The number of anilines is 1. The summed E-state index contributed by atoms with van der Waals surface area (Å²) >= 11 is 1.17. The molecule has 0 fully saturated rings. The Labute approximate surface area is 119 Å². The number of nitrogen functional groups attached to an aromatic ring is 1. The van der Waals surface area contributed by atoms with E-state index in [-0.39, 0.29) is 16.1 Å². The second-order valence-corrected chi connectivity index (χ2v) is 5.13. The van der Waals surface area contributed by atoms with Gasteiger partial charge in [-0.05, 0) is 30.3 Å². The van der Waals surface area contributed by atoms with Crippen LogP contribution >= 0.6 is 11.8 Å². The highest BCUT2D eigenvalue weighted by Gasteiger charge is 2.13. The van der Waals surface area contributed by atoms with Gasteiger partial charge in [-0.1, -0.05) is 17.8 Å². The van der Waals surface area contributed by atoms with Crippen molar-refractivity contribution in [2.45, 2.75) is 9.79 Å². The lowest BCUT2D eigenvalue weighted by atomic mass is 10.1. The van der Waals surface area contributed by atoms with Crippen LogP contribution in [-0.4, -0.2) is 13.0 Å². The molecule has 2 rings (SSSR count). The van der Waals surface area contributed by atoms with Gasteiger partial charge < -0.3 is 16.2 Å². The Morgan fingerprint density at radius 1 is 1.30 bits per heavy atom. The van der Waals surface area contributed by atoms with Crippen molar-refractivity contribution >= 4 is 23.4 Å². The number of primary amides is 1. The van der Waals surface area contributed by atoms with Crippen LogP contribution < -0.4 is 16.2 Å². The first-order valence-corrected chi connectivity index (χ1v) is 6.53. The van der Waals surface area contributed by atoms with Gasteiger partial charge in [0.25, 0.3) is 5.91 Å². The summed E-state index contributed by atoms with van der Waals surface area (Å²) in [5, 5.41) is 0.